The molecule has 0 spiro atoms. The van der Waals surface area contributed by atoms with Crippen molar-refractivity contribution in [3.05, 3.63) is 43.1 Å². The van der Waals surface area contributed by atoms with Crippen LogP contribution in [0, 0.1) is 11.8 Å². The van der Waals surface area contributed by atoms with E-state index in [1.54, 1.807) is 16.1 Å². The first kappa shape index (κ1) is 11.1. The van der Waals surface area contributed by atoms with Crippen LogP contribution in [0.5, 0.6) is 0 Å². The van der Waals surface area contributed by atoms with E-state index in [4.69, 9.17) is 5.11 Å². The van der Waals surface area contributed by atoms with Crippen LogP contribution < -0.4 is 4.87 Å². The number of hydrogen-bond acceptors (Lipinski definition) is 4. The molecular weight excluding hydrogens is 242 g/mol. The van der Waals surface area contributed by atoms with Crippen molar-refractivity contribution in [2.75, 3.05) is 6.61 Å². The Hall–Kier alpha value is -1.35. The number of thiazole rings is 1. The van der Waals surface area contributed by atoms with Gasteiger partial charge >= 0.3 is 4.87 Å². The van der Waals surface area contributed by atoms with Gasteiger partial charge in [0.15, 0.2) is 0 Å². The van der Waals surface area contributed by atoms with Crippen LogP contribution in [-0.2, 0) is 6.54 Å². The zero-order valence-electron chi connectivity index (χ0n) is 8.34. The van der Waals surface area contributed by atoms with Crippen LogP contribution in [0.25, 0.3) is 0 Å². The molecule has 82 valence electrons. The Morgan fingerprint density at radius 3 is 3.00 bits per heavy atom. The number of aromatic nitrogens is 1. The van der Waals surface area contributed by atoms with Crippen LogP contribution in [0.4, 0.5) is 0 Å². The Morgan fingerprint density at radius 2 is 2.31 bits per heavy atom. The summed E-state index contributed by atoms with van der Waals surface area (Å²) in [5, 5.41) is 10.3. The standard InChI is InChI=1S/C11H9NO2S2/c13-6-1-2-9-3-4-10(16-9)8-12-5-7-15-11(12)14/h3-5,7,13H,6,8H2. The van der Waals surface area contributed by atoms with Gasteiger partial charge in [-0.15, -0.1) is 11.3 Å². The zero-order valence-corrected chi connectivity index (χ0v) is 9.98. The minimum absolute atomic E-state index is 0.0522. The molecule has 0 aliphatic rings. The Morgan fingerprint density at radius 1 is 1.44 bits per heavy atom. The largest absolute Gasteiger partial charge is 0.384 e. The minimum atomic E-state index is -0.128. The van der Waals surface area contributed by atoms with E-state index in [-0.39, 0.29) is 11.5 Å². The molecule has 2 heterocycles. The lowest BCUT2D eigenvalue weighted by atomic mass is 10.4. The summed E-state index contributed by atoms with van der Waals surface area (Å²) in [5.41, 5.74) is 0. The second-order valence-corrected chi connectivity index (χ2v) is 5.05. The second kappa shape index (κ2) is 5.12. The van der Waals surface area contributed by atoms with Crippen LogP contribution in [0.1, 0.15) is 9.75 Å². The molecule has 16 heavy (non-hydrogen) atoms. The fraction of sp³-hybridized carbons (Fsp3) is 0.182. The number of hydrogen-bond donors (Lipinski definition) is 1. The van der Waals surface area contributed by atoms with Gasteiger partial charge in [0, 0.05) is 16.5 Å². The maximum atomic E-state index is 11.3. The van der Waals surface area contributed by atoms with E-state index in [0.717, 1.165) is 9.75 Å². The minimum Gasteiger partial charge on any atom is -0.384 e. The van der Waals surface area contributed by atoms with E-state index in [1.165, 1.54) is 22.7 Å². The second-order valence-electron chi connectivity index (χ2n) is 3.02. The normalized spacial score (nSPS) is 9.81. The Labute approximate surface area is 101 Å². The third kappa shape index (κ3) is 2.61. The predicted molar refractivity (Wildman–Crippen MR) is 66.0 cm³/mol. The molecule has 0 radical (unpaired) electrons. The molecule has 0 aromatic carbocycles. The molecule has 2 aromatic rings. The average Bonchev–Trinajstić information content (AvgIpc) is 2.87. The SMILES string of the molecule is O=c1sccn1Cc1ccc(C#CCO)s1. The maximum Gasteiger partial charge on any atom is 0.307 e. The lowest BCUT2D eigenvalue weighted by Gasteiger charge is -1.95. The highest BCUT2D eigenvalue weighted by Gasteiger charge is 2.01. The lowest BCUT2D eigenvalue weighted by Crippen LogP contribution is -2.11. The van der Waals surface area contributed by atoms with E-state index in [1.807, 2.05) is 12.1 Å². The summed E-state index contributed by atoms with van der Waals surface area (Å²) in [5.74, 6) is 5.44. The van der Waals surface area contributed by atoms with Gasteiger partial charge in [-0.05, 0) is 12.1 Å². The highest BCUT2D eigenvalue weighted by Crippen LogP contribution is 2.16. The number of thiophene rings is 1. The summed E-state index contributed by atoms with van der Waals surface area (Å²) < 4.78 is 1.67. The molecule has 0 unspecified atom stereocenters. The van der Waals surface area contributed by atoms with Gasteiger partial charge in [0.2, 0.25) is 0 Å². The van der Waals surface area contributed by atoms with Gasteiger partial charge in [-0.1, -0.05) is 23.2 Å². The smallest absolute Gasteiger partial charge is 0.307 e. The van der Waals surface area contributed by atoms with E-state index in [9.17, 15) is 4.79 Å². The monoisotopic (exact) mass is 251 g/mol. The van der Waals surface area contributed by atoms with Gasteiger partial charge in [0.1, 0.15) is 6.61 Å². The first-order valence-electron chi connectivity index (χ1n) is 4.62. The Balaban J connectivity index is 2.14. The van der Waals surface area contributed by atoms with Gasteiger partial charge in [0.05, 0.1) is 11.4 Å². The number of nitrogens with zero attached hydrogens (tertiary/aromatic N) is 1. The van der Waals surface area contributed by atoms with Crippen molar-refractivity contribution in [3.8, 4) is 11.8 Å². The fourth-order valence-electron chi connectivity index (χ4n) is 1.23. The zero-order chi connectivity index (χ0) is 11.4. The maximum absolute atomic E-state index is 11.3. The predicted octanol–water partition coefficient (Wildman–Crippen LogP) is 1.36. The third-order valence-corrected chi connectivity index (χ3v) is 3.60. The van der Waals surface area contributed by atoms with E-state index in [2.05, 4.69) is 11.8 Å². The van der Waals surface area contributed by atoms with E-state index >= 15 is 0 Å². The molecule has 2 rings (SSSR count). The van der Waals surface area contributed by atoms with Crippen molar-refractivity contribution in [1.82, 2.24) is 4.57 Å². The number of aliphatic hydroxyl groups is 1. The molecule has 5 heteroatoms. The topological polar surface area (TPSA) is 42.2 Å². The van der Waals surface area contributed by atoms with Crippen molar-refractivity contribution in [2.45, 2.75) is 6.54 Å². The summed E-state index contributed by atoms with van der Waals surface area (Å²) in [4.78, 5) is 13.4. The summed E-state index contributed by atoms with van der Waals surface area (Å²) in [7, 11) is 0. The molecule has 0 atom stereocenters. The van der Waals surface area contributed by atoms with Crippen molar-refractivity contribution < 1.29 is 5.11 Å². The molecule has 0 bridgehead atoms. The first-order chi connectivity index (χ1) is 7.79. The molecule has 0 fully saturated rings. The van der Waals surface area contributed by atoms with E-state index in [0.29, 0.717) is 6.54 Å². The van der Waals surface area contributed by atoms with Crippen LogP contribution in [0.3, 0.4) is 0 Å². The van der Waals surface area contributed by atoms with Crippen molar-refractivity contribution >= 4 is 22.7 Å². The summed E-state index contributed by atoms with van der Waals surface area (Å²) in [6.07, 6.45) is 1.78. The molecular formula is C11H9NO2S2. The quantitative estimate of drug-likeness (QED) is 0.819. The summed E-state index contributed by atoms with van der Waals surface area (Å²) >= 11 is 2.74. The van der Waals surface area contributed by atoms with Gasteiger partial charge < -0.3 is 9.67 Å². The van der Waals surface area contributed by atoms with Crippen molar-refractivity contribution in [1.29, 1.82) is 0 Å². The molecule has 3 nitrogen and oxygen atoms in total. The van der Waals surface area contributed by atoms with Gasteiger partial charge in [-0.3, -0.25) is 4.79 Å². The average molecular weight is 251 g/mol. The van der Waals surface area contributed by atoms with E-state index < -0.39 is 0 Å². The fourth-order valence-corrected chi connectivity index (χ4v) is 2.70. The number of rotatable bonds is 2. The van der Waals surface area contributed by atoms with Crippen LogP contribution in [0.15, 0.2) is 28.5 Å². The van der Waals surface area contributed by atoms with Crippen LogP contribution in [-0.4, -0.2) is 16.3 Å². The highest BCUT2D eigenvalue weighted by atomic mass is 32.1. The Kier molecular flexibility index (Phi) is 3.57. The highest BCUT2D eigenvalue weighted by molar-refractivity contribution is 7.12. The Bertz CT molecular complexity index is 583. The van der Waals surface area contributed by atoms with Crippen LogP contribution >= 0.6 is 22.7 Å². The molecule has 0 saturated carbocycles. The molecule has 0 saturated heterocycles. The van der Waals surface area contributed by atoms with Gasteiger partial charge in [0.25, 0.3) is 0 Å². The van der Waals surface area contributed by atoms with Gasteiger partial charge in [-0.25, -0.2) is 0 Å². The molecule has 0 aliphatic carbocycles. The van der Waals surface area contributed by atoms with Crippen molar-refractivity contribution in [2.24, 2.45) is 0 Å². The van der Waals surface area contributed by atoms with Crippen molar-refractivity contribution in [3.63, 3.8) is 0 Å². The number of aliphatic hydroxyl groups excluding tert-OH is 1. The third-order valence-electron chi connectivity index (χ3n) is 1.92. The summed E-state index contributed by atoms with van der Waals surface area (Å²) in [6, 6.07) is 3.86. The molecule has 2 aromatic heterocycles. The summed E-state index contributed by atoms with van der Waals surface area (Å²) in [6.45, 7) is 0.463. The first-order valence-corrected chi connectivity index (χ1v) is 6.31. The lowest BCUT2D eigenvalue weighted by molar-refractivity contribution is 0.350. The molecule has 1 N–H and O–H groups in total. The molecule has 0 amide bonds. The molecule has 0 aliphatic heterocycles. The van der Waals surface area contributed by atoms with Crippen LogP contribution in [0.2, 0.25) is 0 Å². The van der Waals surface area contributed by atoms with Gasteiger partial charge in [-0.2, -0.15) is 0 Å².